The van der Waals surface area contributed by atoms with Crippen molar-refractivity contribution in [1.29, 1.82) is 0 Å². The number of hydrogen-bond acceptors (Lipinski definition) is 2. The van der Waals surface area contributed by atoms with Gasteiger partial charge in [-0.25, -0.2) is 0 Å². The first-order valence-corrected chi connectivity index (χ1v) is 5.90. The van der Waals surface area contributed by atoms with Gasteiger partial charge in [0.1, 0.15) is 0 Å². The molecule has 2 heteroatoms. The summed E-state index contributed by atoms with van der Waals surface area (Å²) in [6.07, 6.45) is 1.40. The van der Waals surface area contributed by atoms with E-state index in [2.05, 4.69) is 44.5 Å². The molecule has 0 aliphatic carbocycles. The molecule has 2 nitrogen and oxygen atoms in total. The van der Waals surface area contributed by atoms with E-state index in [-0.39, 0.29) is 0 Å². The van der Waals surface area contributed by atoms with Gasteiger partial charge in [-0.2, -0.15) is 0 Å². The third kappa shape index (κ3) is 1.40. The Morgan fingerprint density at radius 2 is 1.79 bits per heavy atom. The highest BCUT2D eigenvalue weighted by atomic mass is 15.4. The molecular formula is C12H24N2. The minimum atomic E-state index is 0.376. The van der Waals surface area contributed by atoms with E-state index >= 15 is 0 Å². The Balaban J connectivity index is 2.09. The molecule has 0 aromatic carbocycles. The zero-order valence-electron chi connectivity index (χ0n) is 10.2. The van der Waals surface area contributed by atoms with Gasteiger partial charge < -0.3 is 4.90 Å². The van der Waals surface area contributed by atoms with E-state index in [4.69, 9.17) is 0 Å². The van der Waals surface area contributed by atoms with Gasteiger partial charge in [0.15, 0.2) is 0 Å². The van der Waals surface area contributed by atoms with Gasteiger partial charge in [0.05, 0.1) is 0 Å². The van der Waals surface area contributed by atoms with Crippen molar-refractivity contribution in [3.63, 3.8) is 0 Å². The van der Waals surface area contributed by atoms with Crippen LogP contribution in [0, 0.1) is 5.92 Å². The van der Waals surface area contributed by atoms with Gasteiger partial charge in [0, 0.05) is 30.7 Å². The first-order valence-electron chi connectivity index (χ1n) is 5.90. The lowest BCUT2D eigenvalue weighted by Crippen LogP contribution is -2.56. The fourth-order valence-electron chi connectivity index (χ4n) is 2.90. The molecule has 2 saturated heterocycles. The maximum Gasteiger partial charge on any atom is 0.0244 e. The maximum absolute atomic E-state index is 2.74. The highest BCUT2D eigenvalue weighted by molar-refractivity contribution is 5.03. The molecule has 2 aliphatic heterocycles. The summed E-state index contributed by atoms with van der Waals surface area (Å²) in [5, 5.41) is 0. The van der Waals surface area contributed by atoms with Crippen molar-refractivity contribution >= 4 is 0 Å². The summed E-state index contributed by atoms with van der Waals surface area (Å²) >= 11 is 0. The Hall–Kier alpha value is -0.0800. The van der Waals surface area contributed by atoms with E-state index in [9.17, 15) is 0 Å². The van der Waals surface area contributed by atoms with Crippen molar-refractivity contribution in [1.82, 2.24) is 9.80 Å². The average molecular weight is 196 g/mol. The number of rotatable bonds is 2. The molecule has 0 N–H and O–H groups in total. The van der Waals surface area contributed by atoms with Gasteiger partial charge in [-0.15, -0.1) is 0 Å². The van der Waals surface area contributed by atoms with Crippen LogP contribution in [-0.2, 0) is 0 Å². The molecular weight excluding hydrogens is 172 g/mol. The largest absolute Gasteiger partial charge is 0.301 e. The topological polar surface area (TPSA) is 6.48 Å². The number of piperazine rings is 1. The molecule has 2 atom stereocenters. The van der Waals surface area contributed by atoms with E-state index in [1.165, 1.54) is 19.5 Å². The molecule has 82 valence electrons. The van der Waals surface area contributed by atoms with Crippen LogP contribution in [0.3, 0.4) is 0 Å². The van der Waals surface area contributed by atoms with Crippen LogP contribution >= 0.6 is 0 Å². The summed E-state index contributed by atoms with van der Waals surface area (Å²) in [5.41, 5.74) is 0.376. The van der Waals surface area contributed by atoms with Crippen LogP contribution in [-0.4, -0.2) is 47.6 Å². The van der Waals surface area contributed by atoms with Crippen LogP contribution < -0.4 is 0 Å². The molecule has 0 radical (unpaired) electrons. The minimum absolute atomic E-state index is 0.376. The molecule has 2 unspecified atom stereocenters. The van der Waals surface area contributed by atoms with E-state index < -0.39 is 0 Å². The van der Waals surface area contributed by atoms with E-state index in [0.717, 1.165) is 18.0 Å². The van der Waals surface area contributed by atoms with Crippen molar-refractivity contribution < 1.29 is 0 Å². The fraction of sp³-hybridized carbons (Fsp3) is 1.00. The van der Waals surface area contributed by atoms with Crippen LogP contribution in [0.5, 0.6) is 0 Å². The SMILES string of the molecule is CC(C)C(C)(C)N1CC2CC1CN2C. The summed E-state index contributed by atoms with van der Waals surface area (Å²) < 4.78 is 0. The lowest BCUT2D eigenvalue weighted by molar-refractivity contribution is 0.0270. The standard InChI is InChI=1S/C12H24N2/c1-9(2)12(3,4)14-8-10-6-11(14)7-13(10)5/h9-11H,6-8H2,1-5H3. The Kier molecular flexibility index (Phi) is 2.39. The third-order valence-corrected chi connectivity index (χ3v) is 4.67. The molecule has 0 amide bonds. The predicted octanol–water partition coefficient (Wildman–Crippen LogP) is 1.81. The average Bonchev–Trinajstić information content (AvgIpc) is 2.61. The number of likely N-dealkylation sites (N-methyl/N-ethyl adjacent to an activating group) is 1. The second-order valence-electron chi connectivity index (χ2n) is 5.94. The second kappa shape index (κ2) is 3.21. The van der Waals surface area contributed by atoms with Gasteiger partial charge in [-0.1, -0.05) is 13.8 Å². The molecule has 0 aromatic rings. The fourth-order valence-corrected chi connectivity index (χ4v) is 2.90. The van der Waals surface area contributed by atoms with Gasteiger partial charge in [0.25, 0.3) is 0 Å². The highest BCUT2D eigenvalue weighted by Crippen LogP contribution is 2.37. The molecule has 2 rings (SSSR count). The van der Waals surface area contributed by atoms with Gasteiger partial charge in [0.2, 0.25) is 0 Å². The molecule has 0 aromatic heterocycles. The molecule has 2 aliphatic rings. The maximum atomic E-state index is 2.74. The van der Waals surface area contributed by atoms with Crippen LogP contribution in [0.4, 0.5) is 0 Å². The molecule has 2 heterocycles. The molecule has 2 fully saturated rings. The van der Waals surface area contributed by atoms with Gasteiger partial charge in [-0.3, -0.25) is 4.90 Å². The van der Waals surface area contributed by atoms with Crippen molar-refractivity contribution in [3.05, 3.63) is 0 Å². The lowest BCUT2D eigenvalue weighted by Gasteiger charge is -2.45. The van der Waals surface area contributed by atoms with Crippen molar-refractivity contribution in [2.45, 2.75) is 51.7 Å². The predicted molar refractivity (Wildman–Crippen MR) is 60.4 cm³/mol. The summed E-state index contributed by atoms with van der Waals surface area (Å²) in [5.74, 6) is 0.743. The normalized spacial score (nSPS) is 34.7. The second-order valence-corrected chi connectivity index (χ2v) is 5.94. The van der Waals surface area contributed by atoms with E-state index in [1.807, 2.05) is 0 Å². The first-order chi connectivity index (χ1) is 6.43. The van der Waals surface area contributed by atoms with Crippen molar-refractivity contribution in [3.8, 4) is 0 Å². The van der Waals surface area contributed by atoms with Gasteiger partial charge in [-0.05, 0) is 33.2 Å². The van der Waals surface area contributed by atoms with Gasteiger partial charge >= 0.3 is 0 Å². The Bertz CT molecular complexity index is 220. The summed E-state index contributed by atoms with van der Waals surface area (Å²) in [4.78, 5) is 5.26. The minimum Gasteiger partial charge on any atom is -0.301 e. The Labute approximate surface area is 88.3 Å². The quantitative estimate of drug-likeness (QED) is 0.664. The molecule has 0 saturated carbocycles. The summed E-state index contributed by atoms with van der Waals surface area (Å²) in [7, 11) is 2.27. The zero-order valence-corrected chi connectivity index (χ0v) is 10.2. The van der Waals surface area contributed by atoms with E-state index in [0.29, 0.717) is 5.54 Å². The number of nitrogens with zero attached hydrogens (tertiary/aromatic N) is 2. The molecule has 2 bridgehead atoms. The Morgan fingerprint density at radius 1 is 1.14 bits per heavy atom. The first kappa shape index (κ1) is 10.4. The summed E-state index contributed by atoms with van der Waals surface area (Å²) in [6.45, 7) is 12.1. The van der Waals surface area contributed by atoms with Crippen molar-refractivity contribution in [2.24, 2.45) is 5.92 Å². The third-order valence-electron chi connectivity index (χ3n) is 4.67. The monoisotopic (exact) mass is 196 g/mol. The van der Waals surface area contributed by atoms with Crippen LogP contribution in [0.25, 0.3) is 0 Å². The van der Waals surface area contributed by atoms with E-state index in [1.54, 1.807) is 0 Å². The van der Waals surface area contributed by atoms with Crippen molar-refractivity contribution in [2.75, 3.05) is 20.1 Å². The number of hydrogen-bond donors (Lipinski definition) is 0. The Morgan fingerprint density at radius 3 is 2.14 bits per heavy atom. The smallest absolute Gasteiger partial charge is 0.0244 e. The summed E-state index contributed by atoms with van der Waals surface area (Å²) in [6, 6.07) is 1.65. The number of likely N-dealkylation sites (tertiary alicyclic amines) is 2. The number of fused-ring (bicyclic) bond motifs is 2. The zero-order chi connectivity index (χ0) is 10.5. The van der Waals surface area contributed by atoms with Crippen LogP contribution in [0.1, 0.15) is 34.1 Å². The lowest BCUT2D eigenvalue weighted by atomic mass is 9.88. The molecule has 0 spiro atoms. The van der Waals surface area contributed by atoms with Crippen LogP contribution in [0.2, 0.25) is 0 Å². The highest BCUT2D eigenvalue weighted by Gasteiger charge is 2.47. The molecule has 14 heavy (non-hydrogen) atoms. The van der Waals surface area contributed by atoms with Crippen LogP contribution in [0.15, 0.2) is 0 Å².